The Morgan fingerprint density at radius 2 is 1.95 bits per heavy atom. The average molecular weight is 369 g/mol. The molecular formula is C16H15BrClNO2. The van der Waals surface area contributed by atoms with Gasteiger partial charge >= 0.3 is 0 Å². The Morgan fingerprint density at radius 3 is 2.57 bits per heavy atom. The standard InChI is InChI=1S/C16H15BrClNO2/c1-2-9-21-15-8-3-11(10-14(15)17)16(20)19-13-6-4-12(18)5-7-13/h3-8,10H,2,9H2,1H3,(H,19,20). The number of hydrogen-bond donors (Lipinski definition) is 1. The molecule has 0 fully saturated rings. The van der Waals surface area contributed by atoms with E-state index in [1.165, 1.54) is 0 Å². The van der Waals surface area contributed by atoms with Crippen LogP contribution in [0.1, 0.15) is 23.7 Å². The number of benzene rings is 2. The number of carbonyl (C=O) groups is 1. The summed E-state index contributed by atoms with van der Waals surface area (Å²) < 4.78 is 6.32. The van der Waals surface area contributed by atoms with E-state index in [4.69, 9.17) is 16.3 Å². The Morgan fingerprint density at radius 1 is 1.24 bits per heavy atom. The molecule has 0 unspecified atom stereocenters. The predicted molar refractivity (Wildman–Crippen MR) is 89.3 cm³/mol. The summed E-state index contributed by atoms with van der Waals surface area (Å²) >= 11 is 9.23. The Hall–Kier alpha value is -1.52. The molecule has 0 radical (unpaired) electrons. The minimum absolute atomic E-state index is 0.180. The van der Waals surface area contributed by atoms with Crippen LogP contribution in [0.15, 0.2) is 46.9 Å². The molecule has 3 nitrogen and oxygen atoms in total. The van der Waals surface area contributed by atoms with E-state index in [-0.39, 0.29) is 5.91 Å². The third kappa shape index (κ3) is 4.48. The third-order valence-electron chi connectivity index (χ3n) is 2.76. The molecule has 2 rings (SSSR count). The van der Waals surface area contributed by atoms with Crippen molar-refractivity contribution in [1.82, 2.24) is 0 Å². The molecule has 21 heavy (non-hydrogen) atoms. The maximum atomic E-state index is 12.2. The number of hydrogen-bond acceptors (Lipinski definition) is 2. The Labute approximate surface area is 137 Å². The van der Waals surface area contributed by atoms with Gasteiger partial charge in [0.2, 0.25) is 0 Å². The van der Waals surface area contributed by atoms with Crippen molar-refractivity contribution in [2.75, 3.05) is 11.9 Å². The van der Waals surface area contributed by atoms with Crippen molar-refractivity contribution in [3.8, 4) is 5.75 Å². The lowest BCUT2D eigenvalue weighted by Gasteiger charge is -2.09. The van der Waals surface area contributed by atoms with Crippen molar-refractivity contribution in [1.29, 1.82) is 0 Å². The van der Waals surface area contributed by atoms with Crippen LogP contribution < -0.4 is 10.1 Å². The Kier molecular flexibility index (Phi) is 5.65. The molecule has 0 bridgehead atoms. The maximum absolute atomic E-state index is 12.2. The molecule has 0 aliphatic heterocycles. The van der Waals surface area contributed by atoms with Crippen molar-refractivity contribution in [3.63, 3.8) is 0 Å². The Bertz CT molecular complexity index is 629. The van der Waals surface area contributed by atoms with Gasteiger partial charge in [-0.25, -0.2) is 0 Å². The SMILES string of the molecule is CCCOc1ccc(C(=O)Nc2ccc(Cl)cc2)cc1Br. The first kappa shape index (κ1) is 15.9. The van der Waals surface area contributed by atoms with Gasteiger partial charge in [0.1, 0.15) is 5.75 Å². The quantitative estimate of drug-likeness (QED) is 0.793. The number of ether oxygens (including phenoxy) is 1. The molecule has 110 valence electrons. The highest BCUT2D eigenvalue weighted by Crippen LogP contribution is 2.26. The van der Waals surface area contributed by atoms with E-state index in [1.54, 1.807) is 42.5 Å². The van der Waals surface area contributed by atoms with E-state index in [0.717, 1.165) is 16.6 Å². The number of anilines is 1. The molecule has 0 aromatic heterocycles. The minimum Gasteiger partial charge on any atom is -0.492 e. The third-order valence-corrected chi connectivity index (χ3v) is 3.63. The predicted octanol–water partition coefficient (Wildman–Crippen LogP) is 5.14. The number of carbonyl (C=O) groups excluding carboxylic acids is 1. The van der Waals surface area contributed by atoms with Crippen LogP contribution in [0.25, 0.3) is 0 Å². The van der Waals surface area contributed by atoms with Gasteiger partial charge in [-0.3, -0.25) is 4.79 Å². The summed E-state index contributed by atoms with van der Waals surface area (Å²) in [4.78, 5) is 12.2. The molecule has 0 atom stereocenters. The second-order valence-electron chi connectivity index (χ2n) is 4.45. The van der Waals surface area contributed by atoms with Crippen molar-refractivity contribution in [3.05, 3.63) is 57.5 Å². The Balaban J connectivity index is 2.08. The summed E-state index contributed by atoms with van der Waals surface area (Å²) in [5, 5.41) is 3.45. The van der Waals surface area contributed by atoms with Gasteiger partial charge in [-0.1, -0.05) is 18.5 Å². The fourth-order valence-electron chi connectivity index (χ4n) is 1.71. The number of nitrogens with one attached hydrogen (secondary N) is 1. The summed E-state index contributed by atoms with van der Waals surface area (Å²) in [5.74, 6) is 0.556. The van der Waals surface area contributed by atoms with Gasteiger partial charge in [-0.05, 0) is 64.8 Å². The average Bonchev–Trinajstić information content (AvgIpc) is 2.48. The van der Waals surface area contributed by atoms with Gasteiger partial charge in [0.25, 0.3) is 5.91 Å². The summed E-state index contributed by atoms with van der Waals surface area (Å²) in [6, 6.07) is 12.2. The number of amides is 1. The summed E-state index contributed by atoms with van der Waals surface area (Å²) in [5.41, 5.74) is 1.26. The number of halogens is 2. The fourth-order valence-corrected chi connectivity index (χ4v) is 2.33. The molecule has 5 heteroatoms. The molecule has 0 saturated heterocycles. The van der Waals surface area contributed by atoms with E-state index in [1.807, 2.05) is 6.92 Å². The van der Waals surface area contributed by atoms with Gasteiger partial charge in [0.05, 0.1) is 11.1 Å². The molecule has 0 spiro atoms. The molecule has 0 aliphatic rings. The molecule has 0 heterocycles. The number of rotatable bonds is 5. The minimum atomic E-state index is -0.180. The monoisotopic (exact) mass is 367 g/mol. The normalized spacial score (nSPS) is 10.2. The molecule has 0 saturated carbocycles. The maximum Gasteiger partial charge on any atom is 0.255 e. The fraction of sp³-hybridized carbons (Fsp3) is 0.188. The first-order valence-corrected chi connectivity index (χ1v) is 7.76. The summed E-state index contributed by atoms with van der Waals surface area (Å²) in [6.07, 6.45) is 0.936. The van der Waals surface area contributed by atoms with Gasteiger partial charge in [-0.15, -0.1) is 0 Å². The van der Waals surface area contributed by atoms with Crippen molar-refractivity contribution < 1.29 is 9.53 Å². The van der Waals surface area contributed by atoms with Crippen LogP contribution in [0.3, 0.4) is 0 Å². The van der Waals surface area contributed by atoms with E-state index in [2.05, 4.69) is 21.2 Å². The lowest BCUT2D eigenvalue weighted by molar-refractivity contribution is 0.102. The lowest BCUT2D eigenvalue weighted by Crippen LogP contribution is -2.11. The van der Waals surface area contributed by atoms with Crippen LogP contribution >= 0.6 is 27.5 Å². The van der Waals surface area contributed by atoms with Crippen LogP contribution in [-0.4, -0.2) is 12.5 Å². The van der Waals surface area contributed by atoms with Crippen LogP contribution in [0.5, 0.6) is 5.75 Å². The lowest BCUT2D eigenvalue weighted by atomic mass is 10.2. The molecular weight excluding hydrogens is 354 g/mol. The highest BCUT2D eigenvalue weighted by atomic mass is 79.9. The molecule has 0 aliphatic carbocycles. The largest absolute Gasteiger partial charge is 0.492 e. The first-order valence-electron chi connectivity index (χ1n) is 6.59. The highest BCUT2D eigenvalue weighted by molar-refractivity contribution is 9.10. The van der Waals surface area contributed by atoms with E-state index < -0.39 is 0 Å². The summed E-state index contributed by atoms with van der Waals surface area (Å²) in [7, 11) is 0. The van der Waals surface area contributed by atoms with Crippen LogP contribution in [0.2, 0.25) is 5.02 Å². The summed E-state index contributed by atoms with van der Waals surface area (Å²) in [6.45, 7) is 2.69. The second kappa shape index (κ2) is 7.48. The van der Waals surface area contributed by atoms with Gasteiger partial charge in [0.15, 0.2) is 0 Å². The van der Waals surface area contributed by atoms with Crippen LogP contribution in [0.4, 0.5) is 5.69 Å². The van der Waals surface area contributed by atoms with E-state index in [0.29, 0.717) is 22.9 Å². The van der Waals surface area contributed by atoms with Crippen LogP contribution in [-0.2, 0) is 0 Å². The van der Waals surface area contributed by atoms with Crippen molar-refractivity contribution in [2.24, 2.45) is 0 Å². The van der Waals surface area contributed by atoms with Crippen molar-refractivity contribution >= 4 is 39.1 Å². The first-order chi connectivity index (χ1) is 10.1. The van der Waals surface area contributed by atoms with E-state index in [9.17, 15) is 4.79 Å². The zero-order valence-electron chi connectivity index (χ0n) is 11.5. The van der Waals surface area contributed by atoms with Crippen LogP contribution in [0, 0.1) is 0 Å². The van der Waals surface area contributed by atoms with Gasteiger partial charge in [-0.2, -0.15) is 0 Å². The molecule has 1 amide bonds. The van der Waals surface area contributed by atoms with Crippen molar-refractivity contribution in [2.45, 2.75) is 13.3 Å². The van der Waals surface area contributed by atoms with Gasteiger partial charge < -0.3 is 10.1 Å². The van der Waals surface area contributed by atoms with E-state index >= 15 is 0 Å². The second-order valence-corrected chi connectivity index (χ2v) is 5.75. The zero-order chi connectivity index (χ0) is 15.2. The smallest absolute Gasteiger partial charge is 0.255 e. The molecule has 1 N–H and O–H groups in total. The zero-order valence-corrected chi connectivity index (χ0v) is 13.9. The highest BCUT2D eigenvalue weighted by Gasteiger charge is 2.09. The van der Waals surface area contributed by atoms with Gasteiger partial charge in [0, 0.05) is 16.3 Å². The molecule has 2 aromatic rings. The topological polar surface area (TPSA) is 38.3 Å². The molecule has 2 aromatic carbocycles.